The molecule has 0 spiro atoms. The molecule has 0 unspecified atom stereocenters. The lowest BCUT2D eigenvalue weighted by atomic mass is 10.1. The summed E-state index contributed by atoms with van der Waals surface area (Å²) in [5, 5.41) is 8.04. The Morgan fingerprint density at radius 2 is 1.22 bits per heavy atom. The molecule has 7 heteroatoms. The lowest BCUT2D eigenvalue weighted by Gasteiger charge is -2.14. The molecule has 158 valence electrons. The summed E-state index contributed by atoms with van der Waals surface area (Å²) in [5.74, 6) is 0.943. The van der Waals surface area contributed by atoms with E-state index in [1.807, 2.05) is 0 Å². The minimum Gasteiger partial charge on any atom is -0.425 e. The van der Waals surface area contributed by atoms with E-state index in [0.717, 1.165) is 12.8 Å². The van der Waals surface area contributed by atoms with E-state index in [1.165, 1.54) is 64.2 Å². The zero-order valence-corrected chi connectivity index (χ0v) is 18.5. The van der Waals surface area contributed by atoms with Gasteiger partial charge in [0.25, 0.3) is 0 Å². The highest BCUT2D eigenvalue weighted by Crippen LogP contribution is 2.50. The van der Waals surface area contributed by atoms with Crippen LogP contribution in [0, 0.1) is 0 Å². The highest BCUT2D eigenvalue weighted by molar-refractivity contribution is 7.52. The Kier molecular flexibility index (Phi) is 13.7. The highest BCUT2D eigenvalue weighted by Gasteiger charge is 2.27. The fourth-order valence-corrected chi connectivity index (χ4v) is 4.58. The Balaban J connectivity index is 2.12. The quantitative estimate of drug-likeness (QED) is 0.201. The number of rotatable bonds is 18. The fraction of sp³-hybridized carbons (Fsp3) is 0.900. The average Bonchev–Trinajstić information content (AvgIpc) is 3.07. The van der Waals surface area contributed by atoms with Gasteiger partial charge in [0.15, 0.2) is 0 Å². The van der Waals surface area contributed by atoms with Crippen LogP contribution in [0.15, 0.2) is 4.42 Å². The summed E-state index contributed by atoms with van der Waals surface area (Å²) in [4.78, 5) is 0. The van der Waals surface area contributed by atoms with Gasteiger partial charge in [-0.15, -0.1) is 10.2 Å². The summed E-state index contributed by atoms with van der Waals surface area (Å²) in [6.45, 7) is 6.50. The van der Waals surface area contributed by atoms with Crippen LogP contribution in [0.5, 0.6) is 0 Å². The van der Waals surface area contributed by atoms with Gasteiger partial charge in [0.05, 0.1) is 13.2 Å². The molecule has 0 bridgehead atoms. The van der Waals surface area contributed by atoms with Crippen LogP contribution in [0.1, 0.15) is 103 Å². The summed E-state index contributed by atoms with van der Waals surface area (Å²) in [6.07, 6.45) is 15.2. The third-order valence-corrected chi connectivity index (χ3v) is 6.44. The lowest BCUT2D eigenvalue weighted by molar-refractivity contribution is 0.216. The molecule has 0 amide bonds. The predicted molar refractivity (Wildman–Crippen MR) is 109 cm³/mol. The first-order chi connectivity index (χ1) is 13.1. The first-order valence-corrected chi connectivity index (χ1v) is 12.6. The average molecular weight is 403 g/mol. The van der Waals surface area contributed by atoms with E-state index in [9.17, 15) is 4.57 Å². The van der Waals surface area contributed by atoms with E-state index in [-0.39, 0.29) is 6.16 Å². The van der Waals surface area contributed by atoms with E-state index in [2.05, 4.69) is 17.1 Å². The predicted octanol–water partition coefficient (Wildman–Crippen LogP) is 6.69. The SMILES string of the molecule is CCCCCCCCCCCCCc1nnc(CP(=O)(OCC)OCC)o1. The Morgan fingerprint density at radius 3 is 1.74 bits per heavy atom. The zero-order valence-electron chi connectivity index (χ0n) is 17.6. The van der Waals surface area contributed by atoms with Crippen molar-refractivity contribution in [2.45, 2.75) is 104 Å². The van der Waals surface area contributed by atoms with E-state index >= 15 is 0 Å². The van der Waals surface area contributed by atoms with Crippen molar-refractivity contribution in [1.82, 2.24) is 10.2 Å². The van der Waals surface area contributed by atoms with Crippen molar-refractivity contribution >= 4 is 7.60 Å². The van der Waals surface area contributed by atoms with Crippen LogP contribution < -0.4 is 0 Å². The second-order valence-electron chi connectivity index (χ2n) is 6.98. The number of aromatic nitrogens is 2. The summed E-state index contributed by atoms with van der Waals surface area (Å²) < 4.78 is 28.6. The topological polar surface area (TPSA) is 74.5 Å². The van der Waals surface area contributed by atoms with Gasteiger partial charge in [0.1, 0.15) is 6.16 Å². The molecular formula is C20H39N2O4P. The van der Waals surface area contributed by atoms with Crippen LogP contribution in [0.25, 0.3) is 0 Å². The van der Waals surface area contributed by atoms with Crippen molar-refractivity contribution < 1.29 is 18.0 Å². The molecular weight excluding hydrogens is 363 g/mol. The zero-order chi connectivity index (χ0) is 19.8. The maximum Gasteiger partial charge on any atom is 0.339 e. The summed E-state index contributed by atoms with van der Waals surface area (Å²) in [7, 11) is -3.18. The van der Waals surface area contributed by atoms with Gasteiger partial charge in [0.2, 0.25) is 11.8 Å². The van der Waals surface area contributed by atoms with Gasteiger partial charge in [-0.3, -0.25) is 4.57 Å². The van der Waals surface area contributed by atoms with Gasteiger partial charge in [-0.05, 0) is 20.3 Å². The molecule has 1 aromatic rings. The van der Waals surface area contributed by atoms with E-state index < -0.39 is 7.60 Å². The molecule has 0 radical (unpaired) electrons. The van der Waals surface area contributed by atoms with Crippen molar-refractivity contribution in [1.29, 1.82) is 0 Å². The van der Waals surface area contributed by atoms with E-state index in [0.29, 0.717) is 25.0 Å². The van der Waals surface area contributed by atoms with E-state index in [4.69, 9.17) is 13.5 Å². The molecule has 0 aliphatic carbocycles. The Bertz CT molecular complexity index is 512. The number of hydrogen-bond acceptors (Lipinski definition) is 6. The molecule has 1 heterocycles. The summed E-state index contributed by atoms with van der Waals surface area (Å²) >= 11 is 0. The van der Waals surface area contributed by atoms with Gasteiger partial charge in [-0.1, -0.05) is 71.1 Å². The molecule has 0 aromatic carbocycles. The molecule has 0 N–H and O–H groups in total. The molecule has 0 saturated heterocycles. The minimum absolute atomic E-state index is 0.0416. The van der Waals surface area contributed by atoms with Crippen LogP contribution in [0.3, 0.4) is 0 Å². The van der Waals surface area contributed by atoms with Crippen molar-refractivity contribution in [3.63, 3.8) is 0 Å². The van der Waals surface area contributed by atoms with Crippen LogP contribution >= 0.6 is 7.60 Å². The van der Waals surface area contributed by atoms with Gasteiger partial charge in [0, 0.05) is 6.42 Å². The number of aryl methyl sites for hydroxylation is 1. The van der Waals surface area contributed by atoms with Gasteiger partial charge < -0.3 is 13.5 Å². The highest BCUT2D eigenvalue weighted by atomic mass is 31.2. The maximum atomic E-state index is 12.5. The fourth-order valence-electron chi connectivity index (χ4n) is 3.08. The van der Waals surface area contributed by atoms with Gasteiger partial charge in [-0.25, -0.2) is 0 Å². The number of unbranched alkanes of at least 4 members (excludes halogenated alkanes) is 10. The van der Waals surface area contributed by atoms with Crippen LogP contribution in [-0.4, -0.2) is 23.4 Å². The molecule has 6 nitrogen and oxygen atoms in total. The third-order valence-electron chi connectivity index (χ3n) is 4.48. The number of nitrogens with zero attached hydrogens (tertiary/aromatic N) is 2. The molecule has 0 atom stereocenters. The summed E-state index contributed by atoms with van der Waals surface area (Å²) in [5.41, 5.74) is 0. The molecule has 0 fully saturated rings. The Hall–Kier alpha value is -0.710. The number of hydrogen-bond donors (Lipinski definition) is 0. The third kappa shape index (κ3) is 11.7. The minimum atomic E-state index is -3.18. The molecule has 27 heavy (non-hydrogen) atoms. The Labute approximate surface area is 165 Å². The van der Waals surface area contributed by atoms with Crippen molar-refractivity contribution in [3.05, 3.63) is 11.8 Å². The van der Waals surface area contributed by atoms with Gasteiger partial charge >= 0.3 is 7.60 Å². The molecule has 0 saturated carbocycles. The second kappa shape index (κ2) is 15.2. The normalized spacial score (nSPS) is 12.0. The monoisotopic (exact) mass is 402 g/mol. The van der Waals surface area contributed by atoms with Crippen molar-refractivity contribution in [3.8, 4) is 0 Å². The smallest absolute Gasteiger partial charge is 0.339 e. The first kappa shape index (κ1) is 24.3. The first-order valence-electron chi connectivity index (χ1n) is 10.8. The lowest BCUT2D eigenvalue weighted by Crippen LogP contribution is -1.99. The maximum absolute atomic E-state index is 12.5. The molecule has 0 aliphatic heterocycles. The molecule has 1 aromatic heterocycles. The second-order valence-corrected chi connectivity index (χ2v) is 9.03. The van der Waals surface area contributed by atoms with Crippen molar-refractivity contribution in [2.24, 2.45) is 0 Å². The van der Waals surface area contributed by atoms with Crippen LogP contribution in [0.2, 0.25) is 0 Å². The standard InChI is InChI=1S/C20H39N2O4P/c1-4-7-8-9-10-11-12-13-14-15-16-17-19-21-22-20(26-19)18-27(23,24-5-2)25-6-3/h4-18H2,1-3H3. The molecule has 1 rings (SSSR count). The van der Waals surface area contributed by atoms with Crippen LogP contribution in [0.4, 0.5) is 0 Å². The van der Waals surface area contributed by atoms with E-state index in [1.54, 1.807) is 13.8 Å². The summed E-state index contributed by atoms with van der Waals surface area (Å²) in [6, 6.07) is 0. The largest absolute Gasteiger partial charge is 0.425 e. The van der Waals surface area contributed by atoms with Crippen LogP contribution in [-0.2, 0) is 26.2 Å². The van der Waals surface area contributed by atoms with Gasteiger partial charge in [-0.2, -0.15) is 0 Å². The van der Waals surface area contributed by atoms with Crippen molar-refractivity contribution in [2.75, 3.05) is 13.2 Å². The molecule has 0 aliphatic rings. The Morgan fingerprint density at radius 1 is 0.741 bits per heavy atom.